The summed E-state index contributed by atoms with van der Waals surface area (Å²) in [6, 6.07) is 11.1. The lowest BCUT2D eigenvalue weighted by Gasteiger charge is -2.16. The molecule has 0 bridgehead atoms. The van der Waals surface area contributed by atoms with Gasteiger partial charge < -0.3 is 19.5 Å². The van der Waals surface area contributed by atoms with E-state index in [2.05, 4.69) is 10.3 Å². The highest BCUT2D eigenvalue weighted by molar-refractivity contribution is 8.16. The number of rotatable bonds is 9. The third-order valence-electron chi connectivity index (χ3n) is 4.14. The number of sulfone groups is 1. The lowest BCUT2D eigenvalue weighted by Crippen LogP contribution is -2.20. The third-order valence-corrected chi connectivity index (χ3v) is 6.25. The Morgan fingerprint density at radius 2 is 1.87 bits per heavy atom. The molecule has 1 aliphatic rings. The van der Waals surface area contributed by atoms with E-state index in [4.69, 9.17) is 14.2 Å². The number of thioether (sulfide) groups is 1. The monoisotopic (exact) mass is 464 g/mol. The maximum atomic E-state index is 12.4. The summed E-state index contributed by atoms with van der Waals surface area (Å²) in [5, 5.41) is 3.27. The molecular formula is C21H24N2O6S2. The van der Waals surface area contributed by atoms with Crippen molar-refractivity contribution in [2.24, 2.45) is 4.99 Å². The second-order valence-corrected chi connectivity index (χ2v) is 10.0. The van der Waals surface area contributed by atoms with Gasteiger partial charge in [0.05, 0.1) is 11.5 Å². The number of hydrogen-bond donors (Lipinski definition) is 1. The molecule has 1 heterocycles. The van der Waals surface area contributed by atoms with E-state index in [-0.39, 0.29) is 16.9 Å². The van der Waals surface area contributed by atoms with E-state index >= 15 is 0 Å². The van der Waals surface area contributed by atoms with E-state index in [9.17, 15) is 13.2 Å². The Morgan fingerprint density at radius 3 is 2.48 bits per heavy atom. The number of nitrogens with one attached hydrogen (secondary N) is 1. The number of ether oxygens (including phenoxy) is 3. The minimum absolute atomic E-state index is 0.202. The molecule has 10 heteroatoms. The summed E-state index contributed by atoms with van der Waals surface area (Å²) in [7, 11) is -1.71. The average Bonchev–Trinajstić information content (AvgIpc) is 3.22. The predicted octanol–water partition coefficient (Wildman–Crippen LogP) is 3.38. The Kier molecular flexibility index (Phi) is 7.58. The molecule has 1 aliphatic heterocycles. The Hall–Kier alpha value is -2.56. The van der Waals surface area contributed by atoms with Crippen LogP contribution in [-0.4, -0.2) is 57.7 Å². The number of anilines is 1. The fourth-order valence-electron chi connectivity index (χ4n) is 2.82. The quantitative estimate of drug-likeness (QED) is 0.607. The van der Waals surface area contributed by atoms with Gasteiger partial charge >= 0.3 is 0 Å². The molecule has 0 fully saturated rings. The van der Waals surface area contributed by atoms with Crippen LogP contribution in [0.5, 0.6) is 17.2 Å². The zero-order valence-electron chi connectivity index (χ0n) is 17.5. The third kappa shape index (κ3) is 6.71. The van der Waals surface area contributed by atoms with Gasteiger partial charge in [0.2, 0.25) is 0 Å². The fraction of sp³-hybridized carbons (Fsp3) is 0.333. The molecule has 2 aromatic carbocycles. The van der Waals surface area contributed by atoms with Crippen molar-refractivity contribution in [2.45, 2.75) is 17.9 Å². The SMILES string of the molecule is COC[C@H](C)Oc1cc(NC(=O)C2=NCCS2)cc(Oc2ccc(S(C)(=O)=O)cc2)c1. The number of carbonyl (C=O) groups excluding carboxylic acids is 1. The molecule has 0 aliphatic carbocycles. The number of carbonyl (C=O) groups is 1. The smallest absolute Gasteiger partial charge is 0.280 e. The van der Waals surface area contributed by atoms with E-state index in [0.717, 1.165) is 12.0 Å². The van der Waals surface area contributed by atoms with Crippen LogP contribution in [0.3, 0.4) is 0 Å². The van der Waals surface area contributed by atoms with Crippen molar-refractivity contribution in [2.75, 3.05) is 37.6 Å². The first-order valence-corrected chi connectivity index (χ1v) is 12.4. The lowest BCUT2D eigenvalue weighted by molar-refractivity contribution is -0.110. The number of aliphatic imine (C=N–C) groups is 1. The van der Waals surface area contributed by atoms with Crippen LogP contribution < -0.4 is 14.8 Å². The van der Waals surface area contributed by atoms with Crippen molar-refractivity contribution in [3.8, 4) is 17.2 Å². The van der Waals surface area contributed by atoms with Crippen molar-refractivity contribution >= 4 is 38.2 Å². The highest BCUT2D eigenvalue weighted by Crippen LogP contribution is 2.31. The minimum Gasteiger partial charge on any atom is -0.488 e. The molecule has 0 spiro atoms. The molecule has 1 N–H and O–H groups in total. The van der Waals surface area contributed by atoms with E-state index in [0.29, 0.717) is 41.1 Å². The summed E-state index contributed by atoms with van der Waals surface area (Å²) in [4.78, 5) is 16.8. The van der Waals surface area contributed by atoms with Crippen LogP contribution in [0.15, 0.2) is 52.4 Å². The van der Waals surface area contributed by atoms with Crippen LogP contribution in [0.4, 0.5) is 5.69 Å². The van der Waals surface area contributed by atoms with Crippen LogP contribution in [0.2, 0.25) is 0 Å². The van der Waals surface area contributed by atoms with Crippen LogP contribution >= 0.6 is 11.8 Å². The molecule has 0 saturated carbocycles. The van der Waals surface area contributed by atoms with E-state index in [1.807, 2.05) is 6.92 Å². The first-order chi connectivity index (χ1) is 14.7. The average molecular weight is 465 g/mol. The van der Waals surface area contributed by atoms with Crippen molar-refractivity contribution in [3.05, 3.63) is 42.5 Å². The van der Waals surface area contributed by atoms with Gasteiger partial charge in [0.25, 0.3) is 5.91 Å². The zero-order valence-corrected chi connectivity index (χ0v) is 19.1. The Balaban J connectivity index is 1.84. The summed E-state index contributed by atoms with van der Waals surface area (Å²) in [5.74, 6) is 1.87. The van der Waals surface area contributed by atoms with Crippen molar-refractivity contribution in [1.82, 2.24) is 0 Å². The molecule has 1 amide bonds. The summed E-state index contributed by atoms with van der Waals surface area (Å²) >= 11 is 1.41. The largest absolute Gasteiger partial charge is 0.488 e. The predicted molar refractivity (Wildman–Crippen MR) is 121 cm³/mol. The van der Waals surface area contributed by atoms with Gasteiger partial charge in [0, 0.05) is 49.5 Å². The van der Waals surface area contributed by atoms with Gasteiger partial charge in [-0.1, -0.05) is 11.8 Å². The number of nitrogens with zero attached hydrogens (tertiary/aromatic N) is 1. The van der Waals surface area contributed by atoms with Crippen LogP contribution in [0.25, 0.3) is 0 Å². The summed E-state index contributed by atoms with van der Waals surface area (Å²) in [6.07, 6.45) is 0.930. The number of methoxy groups -OCH3 is 1. The molecule has 0 saturated heterocycles. The van der Waals surface area contributed by atoms with Crippen LogP contribution in [0, 0.1) is 0 Å². The van der Waals surface area contributed by atoms with E-state index in [1.54, 1.807) is 37.4 Å². The van der Waals surface area contributed by atoms with E-state index < -0.39 is 9.84 Å². The molecule has 31 heavy (non-hydrogen) atoms. The molecule has 0 unspecified atom stereocenters. The van der Waals surface area contributed by atoms with Crippen molar-refractivity contribution < 1.29 is 27.4 Å². The molecule has 3 rings (SSSR count). The highest BCUT2D eigenvalue weighted by Gasteiger charge is 2.17. The van der Waals surface area contributed by atoms with Crippen LogP contribution in [0.1, 0.15) is 6.92 Å². The first-order valence-electron chi connectivity index (χ1n) is 9.52. The fourth-order valence-corrected chi connectivity index (χ4v) is 4.19. The maximum Gasteiger partial charge on any atom is 0.280 e. The topological polar surface area (TPSA) is 103 Å². The normalized spacial score (nSPS) is 14.6. The second kappa shape index (κ2) is 10.2. The Morgan fingerprint density at radius 1 is 1.16 bits per heavy atom. The molecular weight excluding hydrogens is 440 g/mol. The number of amides is 1. The molecule has 166 valence electrons. The number of benzene rings is 2. The number of hydrogen-bond acceptors (Lipinski definition) is 8. The molecule has 2 aromatic rings. The van der Waals surface area contributed by atoms with Gasteiger partial charge in [0.1, 0.15) is 23.4 Å². The Bertz CT molecular complexity index is 1070. The summed E-state index contributed by atoms with van der Waals surface area (Å²) in [5.41, 5.74) is 0.491. The van der Waals surface area contributed by atoms with Gasteiger partial charge in [-0.3, -0.25) is 9.79 Å². The van der Waals surface area contributed by atoms with Crippen molar-refractivity contribution in [1.29, 1.82) is 0 Å². The lowest BCUT2D eigenvalue weighted by atomic mass is 10.2. The first kappa shape index (κ1) is 23.1. The summed E-state index contributed by atoms with van der Waals surface area (Å²) in [6.45, 7) is 2.89. The standard InChI is InChI=1S/C21H24N2O6S2/c1-14(13-27-2)28-17-10-15(23-20(24)21-22-8-9-30-21)11-18(12-17)29-16-4-6-19(7-5-16)31(3,25)26/h4-7,10-12,14H,8-9,13H2,1-3H3,(H,23,24)/t14-/m0/s1. The van der Waals surface area contributed by atoms with Crippen LogP contribution in [-0.2, 0) is 19.4 Å². The van der Waals surface area contributed by atoms with Gasteiger partial charge in [-0.2, -0.15) is 0 Å². The molecule has 8 nitrogen and oxygen atoms in total. The maximum absolute atomic E-state index is 12.4. The molecule has 0 aromatic heterocycles. The summed E-state index contributed by atoms with van der Waals surface area (Å²) < 4.78 is 40.1. The second-order valence-electron chi connectivity index (χ2n) is 6.91. The highest BCUT2D eigenvalue weighted by atomic mass is 32.2. The van der Waals surface area contributed by atoms with Gasteiger partial charge in [-0.15, -0.1) is 0 Å². The van der Waals surface area contributed by atoms with Gasteiger partial charge in [-0.05, 0) is 31.2 Å². The van der Waals surface area contributed by atoms with Gasteiger partial charge in [0.15, 0.2) is 14.9 Å². The van der Waals surface area contributed by atoms with E-state index in [1.165, 1.54) is 23.9 Å². The van der Waals surface area contributed by atoms with Gasteiger partial charge in [-0.25, -0.2) is 8.42 Å². The minimum atomic E-state index is -3.29. The zero-order chi connectivity index (χ0) is 22.4. The van der Waals surface area contributed by atoms with Crippen molar-refractivity contribution in [3.63, 3.8) is 0 Å². The molecule has 1 atom stereocenters. The Labute approximate surface area is 185 Å². The molecule has 0 radical (unpaired) electrons.